The van der Waals surface area contributed by atoms with Gasteiger partial charge in [0.15, 0.2) is 0 Å². The van der Waals surface area contributed by atoms with E-state index in [1.165, 1.54) is 12.8 Å². The highest BCUT2D eigenvalue weighted by molar-refractivity contribution is 5.98. The molecule has 1 saturated carbocycles. The maximum absolute atomic E-state index is 12.8. The average Bonchev–Trinajstić information content (AvgIpc) is 3.31. The van der Waals surface area contributed by atoms with Crippen LogP contribution in [-0.2, 0) is 4.74 Å². The summed E-state index contributed by atoms with van der Waals surface area (Å²) in [6.07, 6.45) is 4.41. The summed E-state index contributed by atoms with van der Waals surface area (Å²) < 4.78 is 5.79. The van der Waals surface area contributed by atoms with E-state index < -0.39 is 0 Å². The van der Waals surface area contributed by atoms with E-state index in [4.69, 9.17) is 4.74 Å². The Balaban J connectivity index is 1.74. The van der Waals surface area contributed by atoms with Gasteiger partial charge in [0.2, 0.25) is 0 Å². The highest BCUT2D eigenvalue weighted by Gasteiger charge is 2.36. The van der Waals surface area contributed by atoms with Crippen LogP contribution in [0.15, 0.2) is 18.3 Å². The molecule has 21 heavy (non-hydrogen) atoms. The van der Waals surface area contributed by atoms with Gasteiger partial charge >= 0.3 is 0 Å². The van der Waals surface area contributed by atoms with Crippen molar-refractivity contribution in [2.45, 2.75) is 38.8 Å². The second-order valence-corrected chi connectivity index (χ2v) is 6.20. The van der Waals surface area contributed by atoms with Crippen molar-refractivity contribution in [3.63, 3.8) is 0 Å². The van der Waals surface area contributed by atoms with Crippen molar-refractivity contribution in [2.24, 2.45) is 5.92 Å². The van der Waals surface area contributed by atoms with Crippen LogP contribution in [0.1, 0.15) is 37.0 Å². The predicted molar refractivity (Wildman–Crippen MR) is 81.4 cm³/mol. The van der Waals surface area contributed by atoms with E-state index in [1.807, 2.05) is 30.9 Å². The Hall–Kier alpha value is -1.62. The number of morpholine rings is 1. The van der Waals surface area contributed by atoms with Crippen LogP contribution >= 0.6 is 0 Å². The maximum atomic E-state index is 12.8. The summed E-state index contributed by atoms with van der Waals surface area (Å²) >= 11 is 0. The van der Waals surface area contributed by atoms with Gasteiger partial charge in [-0.3, -0.25) is 4.79 Å². The summed E-state index contributed by atoms with van der Waals surface area (Å²) in [5.41, 5.74) is 0.655. The number of hydrogen-bond acceptors (Lipinski definition) is 4. The minimum atomic E-state index is 0.0557. The summed E-state index contributed by atoms with van der Waals surface area (Å²) in [5, 5.41) is 3.25. The number of rotatable bonds is 4. The molecule has 5 nitrogen and oxygen atoms in total. The molecule has 1 saturated heterocycles. The Morgan fingerprint density at radius 2 is 2.29 bits per heavy atom. The molecule has 2 fully saturated rings. The first-order chi connectivity index (χ1) is 10.1. The summed E-state index contributed by atoms with van der Waals surface area (Å²) in [5.74, 6) is 1.38. The molecule has 1 aromatic heterocycles. The molecule has 114 valence electrons. The topological polar surface area (TPSA) is 54.5 Å². The highest BCUT2D eigenvalue weighted by Crippen LogP contribution is 2.36. The molecular weight excluding hydrogens is 266 g/mol. The molecule has 2 heterocycles. The molecule has 0 radical (unpaired) electrons. The smallest absolute Gasteiger partial charge is 0.257 e. The molecule has 1 aliphatic heterocycles. The van der Waals surface area contributed by atoms with Crippen LogP contribution in [0.3, 0.4) is 0 Å². The van der Waals surface area contributed by atoms with E-state index in [0.717, 1.165) is 0 Å². The third-order valence-electron chi connectivity index (χ3n) is 3.99. The Labute approximate surface area is 125 Å². The van der Waals surface area contributed by atoms with E-state index in [1.54, 1.807) is 6.20 Å². The third kappa shape index (κ3) is 3.35. The van der Waals surface area contributed by atoms with Crippen LogP contribution in [-0.4, -0.2) is 47.6 Å². The molecule has 1 aromatic rings. The van der Waals surface area contributed by atoms with Crippen LogP contribution in [0.25, 0.3) is 0 Å². The number of nitrogens with zero attached hydrogens (tertiary/aromatic N) is 2. The van der Waals surface area contributed by atoms with Crippen molar-refractivity contribution in [3.05, 3.63) is 23.9 Å². The van der Waals surface area contributed by atoms with E-state index in [2.05, 4.69) is 10.3 Å². The summed E-state index contributed by atoms with van der Waals surface area (Å²) in [6.45, 7) is 6.10. The summed E-state index contributed by atoms with van der Waals surface area (Å²) in [7, 11) is 0. The number of carbonyl (C=O) groups is 1. The molecule has 5 heteroatoms. The fourth-order valence-corrected chi connectivity index (χ4v) is 2.75. The summed E-state index contributed by atoms with van der Waals surface area (Å²) in [6, 6.07) is 3.91. The Morgan fingerprint density at radius 1 is 1.48 bits per heavy atom. The molecule has 1 N–H and O–H groups in total. The molecule has 3 rings (SSSR count). The second kappa shape index (κ2) is 6.02. The number of amides is 1. The molecule has 2 aliphatic rings. The second-order valence-electron chi connectivity index (χ2n) is 6.20. The Morgan fingerprint density at radius 3 is 3.00 bits per heavy atom. The quantitative estimate of drug-likeness (QED) is 0.923. The number of aromatic nitrogens is 1. The Bertz CT molecular complexity index is 514. The van der Waals surface area contributed by atoms with Crippen molar-refractivity contribution >= 4 is 11.7 Å². The molecule has 0 aromatic carbocycles. The average molecular weight is 289 g/mol. The zero-order valence-corrected chi connectivity index (χ0v) is 12.7. The highest BCUT2D eigenvalue weighted by atomic mass is 16.5. The van der Waals surface area contributed by atoms with Crippen molar-refractivity contribution in [2.75, 3.05) is 25.0 Å². The fraction of sp³-hybridized carbons (Fsp3) is 0.625. The SMILES string of the molecule is CC(C)Nc1ncccc1C(=O)N1CCOC(C2CC2)C1. The standard InChI is InChI=1S/C16H23N3O2/c1-11(2)18-15-13(4-3-7-17-15)16(20)19-8-9-21-14(10-19)12-5-6-12/h3-4,7,11-12,14H,5-6,8-10H2,1-2H3,(H,17,18). The van der Waals surface area contributed by atoms with Gasteiger partial charge in [0, 0.05) is 25.3 Å². The van der Waals surface area contributed by atoms with Crippen molar-refractivity contribution in [3.8, 4) is 0 Å². The lowest BCUT2D eigenvalue weighted by Crippen LogP contribution is -2.46. The van der Waals surface area contributed by atoms with Crippen molar-refractivity contribution in [1.29, 1.82) is 0 Å². The van der Waals surface area contributed by atoms with Crippen molar-refractivity contribution < 1.29 is 9.53 Å². The molecule has 1 amide bonds. The van der Waals surface area contributed by atoms with Gasteiger partial charge in [-0.25, -0.2) is 4.98 Å². The zero-order chi connectivity index (χ0) is 14.8. The minimum Gasteiger partial charge on any atom is -0.374 e. The number of carbonyl (C=O) groups excluding carboxylic acids is 1. The molecule has 1 atom stereocenters. The minimum absolute atomic E-state index is 0.0557. The Kier molecular flexibility index (Phi) is 4.10. The molecular formula is C16H23N3O2. The van der Waals surface area contributed by atoms with Gasteiger partial charge in [0.1, 0.15) is 5.82 Å². The molecule has 1 aliphatic carbocycles. The first-order valence-corrected chi connectivity index (χ1v) is 7.77. The zero-order valence-electron chi connectivity index (χ0n) is 12.7. The third-order valence-corrected chi connectivity index (χ3v) is 3.99. The van der Waals surface area contributed by atoms with E-state index >= 15 is 0 Å². The van der Waals surface area contributed by atoms with Crippen LogP contribution in [0.4, 0.5) is 5.82 Å². The first kappa shape index (κ1) is 14.3. The number of ether oxygens (including phenoxy) is 1. The number of hydrogen-bond donors (Lipinski definition) is 1. The van der Waals surface area contributed by atoms with Gasteiger partial charge in [0.05, 0.1) is 18.3 Å². The lowest BCUT2D eigenvalue weighted by Gasteiger charge is -2.33. The van der Waals surface area contributed by atoms with E-state index in [9.17, 15) is 4.79 Å². The van der Waals surface area contributed by atoms with Crippen LogP contribution in [0.2, 0.25) is 0 Å². The van der Waals surface area contributed by atoms with Gasteiger partial charge in [-0.1, -0.05) is 0 Å². The molecule has 0 spiro atoms. The summed E-state index contributed by atoms with van der Waals surface area (Å²) in [4.78, 5) is 19.0. The van der Waals surface area contributed by atoms with Gasteiger partial charge in [-0.05, 0) is 44.7 Å². The number of nitrogens with one attached hydrogen (secondary N) is 1. The number of pyridine rings is 1. The lowest BCUT2D eigenvalue weighted by molar-refractivity contribution is -0.0313. The van der Waals surface area contributed by atoms with Crippen LogP contribution in [0.5, 0.6) is 0 Å². The van der Waals surface area contributed by atoms with Gasteiger partial charge in [-0.2, -0.15) is 0 Å². The van der Waals surface area contributed by atoms with Gasteiger partial charge in [-0.15, -0.1) is 0 Å². The van der Waals surface area contributed by atoms with Gasteiger partial charge < -0.3 is 15.0 Å². The van der Waals surface area contributed by atoms with Crippen LogP contribution < -0.4 is 5.32 Å². The normalized spacial score (nSPS) is 22.4. The molecule has 1 unspecified atom stereocenters. The van der Waals surface area contributed by atoms with E-state index in [0.29, 0.717) is 37.0 Å². The monoisotopic (exact) mass is 289 g/mol. The van der Waals surface area contributed by atoms with Gasteiger partial charge in [0.25, 0.3) is 5.91 Å². The van der Waals surface area contributed by atoms with Crippen LogP contribution in [0, 0.1) is 5.92 Å². The first-order valence-electron chi connectivity index (χ1n) is 7.77. The molecule has 0 bridgehead atoms. The maximum Gasteiger partial charge on any atom is 0.257 e. The number of anilines is 1. The largest absolute Gasteiger partial charge is 0.374 e. The fourth-order valence-electron chi connectivity index (χ4n) is 2.75. The van der Waals surface area contributed by atoms with E-state index in [-0.39, 0.29) is 18.1 Å². The predicted octanol–water partition coefficient (Wildman–Crippen LogP) is 2.15. The van der Waals surface area contributed by atoms with Crippen molar-refractivity contribution in [1.82, 2.24) is 9.88 Å². The lowest BCUT2D eigenvalue weighted by atomic mass is 10.1.